The van der Waals surface area contributed by atoms with Crippen molar-refractivity contribution in [3.05, 3.63) is 58.1 Å². The lowest BCUT2D eigenvalue weighted by molar-refractivity contribution is -0.138. The SMILES string of the molecule is Cc1cc(CC(=O)N2C[C@H](O)C[C@H]2C(=O)NCc2ccc(-c3scnc3C)c(C)c2)on1. The van der Waals surface area contributed by atoms with Gasteiger partial charge >= 0.3 is 0 Å². The van der Waals surface area contributed by atoms with Crippen LogP contribution in [0.15, 0.2) is 34.3 Å². The van der Waals surface area contributed by atoms with Crippen molar-refractivity contribution in [2.75, 3.05) is 6.54 Å². The predicted octanol–water partition coefficient (Wildman–Crippen LogP) is 2.54. The number of hydrogen-bond donors (Lipinski definition) is 2. The standard InChI is InChI=1S/C23H26N4O4S/c1-13-6-16(4-5-19(13)22-15(3)25-12-32-22)10-24-23(30)20-8-17(28)11-27(20)21(29)9-18-7-14(2)26-31-18/h4-7,12,17,20,28H,8-11H2,1-3H3,(H,24,30)/t17-,20+/m1/s1. The van der Waals surface area contributed by atoms with Gasteiger partial charge in [0, 0.05) is 25.6 Å². The van der Waals surface area contributed by atoms with E-state index in [-0.39, 0.29) is 31.2 Å². The number of β-amino-alcohol motifs (C(OH)–C–C–N with tert-alkyl or cyclic N) is 1. The van der Waals surface area contributed by atoms with Crippen LogP contribution < -0.4 is 5.32 Å². The zero-order valence-electron chi connectivity index (χ0n) is 18.3. The third-order valence-corrected chi connectivity index (χ3v) is 6.61. The van der Waals surface area contributed by atoms with Gasteiger partial charge in [0.1, 0.15) is 11.8 Å². The highest BCUT2D eigenvalue weighted by atomic mass is 32.1. The summed E-state index contributed by atoms with van der Waals surface area (Å²) in [5.74, 6) is -0.0959. The normalized spacial score (nSPS) is 18.2. The van der Waals surface area contributed by atoms with Crippen LogP contribution in [0.2, 0.25) is 0 Å². The second-order valence-corrected chi connectivity index (χ2v) is 9.05. The van der Waals surface area contributed by atoms with Crippen molar-refractivity contribution in [3.63, 3.8) is 0 Å². The lowest BCUT2D eigenvalue weighted by Crippen LogP contribution is -2.46. The first kappa shape index (κ1) is 22.2. The highest BCUT2D eigenvalue weighted by molar-refractivity contribution is 7.13. The molecule has 2 amide bonds. The molecule has 32 heavy (non-hydrogen) atoms. The number of hydrogen-bond acceptors (Lipinski definition) is 7. The van der Waals surface area contributed by atoms with Crippen LogP contribution in [0.4, 0.5) is 0 Å². The fourth-order valence-electron chi connectivity index (χ4n) is 4.05. The molecule has 1 fully saturated rings. The van der Waals surface area contributed by atoms with Crippen LogP contribution in [0.25, 0.3) is 10.4 Å². The van der Waals surface area contributed by atoms with Gasteiger partial charge in [0.15, 0.2) is 0 Å². The Bertz CT molecular complexity index is 1140. The summed E-state index contributed by atoms with van der Waals surface area (Å²) in [5, 5.41) is 16.8. The molecular formula is C23H26N4O4S. The van der Waals surface area contributed by atoms with Gasteiger partial charge in [0.2, 0.25) is 11.8 Å². The topological polar surface area (TPSA) is 109 Å². The monoisotopic (exact) mass is 454 g/mol. The van der Waals surface area contributed by atoms with Gasteiger partial charge in [0.05, 0.1) is 34.3 Å². The molecular weight excluding hydrogens is 428 g/mol. The first-order valence-electron chi connectivity index (χ1n) is 10.5. The Morgan fingerprint density at radius 3 is 2.75 bits per heavy atom. The molecule has 9 heteroatoms. The summed E-state index contributed by atoms with van der Waals surface area (Å²) in [5.41, 5.74) is 6.75. The summed E-state index contributed by atoms with van der Waals surface area (Å²) in [6.07, 6.45) is -0.500. The minimum Gasteiger partial charge on any atom is -0.391 e. The minimum absolute atomic E-state index is 0.00892. The first-order chi connectivity index (χ1) is 15.3. The molecule has 2 aromatic heterocycles. The van der Waals surface area contributed by atoms with Crippen LogP contribution in [0.5, 0.6) is 0 Å². The number of aliphatic hydroxyl groups is 1. The number of nitrogens with one attached hydrogen (secondary N) is 1. The summed E-state index contributed by atoms with van der Waals surface area (Å²) in [6, 6.07) is 7.07. The highest BCUT2D eigenvalue weighted by Gasteiger charge is 2.38. The maximum atomic E-state index is 12.9. The van der Waals surface area contributed by atoms with Crippen molar-refractivity contribution in [1.29, 1.82) is 0 Å². The zero-order valence-corrected chi connectivity index (χ0v) is 19.1. The highest BCUT2D eigenvalue weighted by Crippen LogP contribution is 2.30. The smallest absolute Gasteiger partial charge is 0.243 e. The molecule has 0 bridgehead atoms. The van der Waals surface area contributed by atoms with Gasteiger partial charge in [-0.1, -0.05) is 23.4 Å². The van der Waals surface area contributed by atoms with Crippen molar-refractivity contribution < 1.29 is 19.2 Å². The molecule has 0 saturated carbocycles. The molecule has 3 heterocycles. The molecule has 168 valence electrons. The third-order valence-electron chi connectivity index (χ3n) is 5.65. The molecule has 1 aliphatic heterocycles. The lowest BCUT2D eigenvalue weighted by atomic mass is 10.0. The van der Waals surface area contributed by atoms with Gasteiger partial charge in [-0.05, 0) is 37.5 Å². The maximum Gasteiger partial charge on any atom is 0.243 e. The number of carbonyl (C=O) groups is 2. The Balaban J connectivity index is 1.39. The molecule has 1 aliphatic rings. The number of thiazole rings is 1. The van der Waals surface area contributed by atoms with Gasteiger partial charge < -0.3 is 19.8 Å². The van der Waals surface area contributed by atoms with Crippen LogP contribution in [-0.4, -0.2) is 50.7 Å². The third kappa shape index (κ3) is 4.73. The zero-order chi connectivity index (χ0) is 22.8. The van der Waals surface area contributed by atoms with Crippen LogP contribution in [0, 0.1) is 20.8 Å². The summed E-state index contributed by atoms with van der Waals surface area (Å²) < 4.78 is 5.11. The largest absolute Gasteiger partial charge is 0.391 e. The molecule has 2 atom stereocenters. The van der Waals surface area contributed by atoms with Crippen LogP contribution in [0.1, 0.15) is 34.7 Å². The van der Waals surface area contributed by atoms with Gasteiger partial charge in [-0.15, -0.1) is 11.3 Å². The van der Waals surface area contributed by atoms with Gasteiger partial charge in [0.25, 0.3) is 0 Å². The van der Waals surface area contributed by atoms with E-state index >= 15 is 0 Å². The Labute approximate surface area is 190 Å². The number of aliphatic hydroxyl groups excluding tert-OH is 1. The summed E-state index contributed by atoms with van der Waals surface area (Å²) in [6.45, 7) is 6.29. The van der Waals surface area contributed by atoms with Crippen molar-refractivity contribution in [2.24, 2.45) is 0 Å². The van der Waals surface area contributed by atoms with Crippen LogP contribution in [-0.2, 0) is 22.6 Å². The number of aryl methyl sites for hydroxylation is 3. The van der Waals surface area contributed by atoms with E-state index in [1.165, 1.54) is 4.90 Å². The minimum atomic E-state index is -0.727. The Hall–Kier alpha value is -3.04. The van der Waals surface area contributed by atoms with E-state index in [2.05, 4.69) is 15.5 Å². The summed E-state index contributed by atoms with van der Waals surface area (Å²) in [7, 11) is 0. The molecule has 4 rings (SSSR count). The first-order valence-corrected chi connectivity index (χ1v) is 11.4. The fraction of sp³-hybridized carbons (Fsp3) is 0.391. The molecule has 0 aliphatic carbocycles. The summed E-state index contributed by atoms with van der Waals surface area (Å²) >= 11 is 1.61. The maximum absolute atomic E-state index is 12.9. The van der Waals surface area contributed by atoms with E-state index in [0.717, 1.165) is 27.3 Å². The van der Waals surface area contributed by atoms with Crippen molar-refractivity contribution in [3.8, 4) is 10.4 Å². The number of likely N-dealkylation sites (tertiary alicyclic amines) is 1. The molecule has 0 radical (unpaired) electrons. The van der Waals surface area contributed by atoms with Crippen LogP contribution >= 0.6 is 11.3 Å². The second-order valence-electron chi connectivity index (χ2n) is 8.20. The predicted molar refractivity (Wildman–Crippen MR) is 120 cm³/mol. The number of nitrogens with zero attached hydrogens (tertiary/aromatic N) is 3. The molecule has 8 nitrogen and oxygen atoms in total. The Kier molecular flexibility index (Phi) is 6.38. The van der Waals surface area contributed by atoms with E-state index in [1.807, 2.05) is 37.6 Å². The van der Waals surface area contributed by atoms with Gasteiger partial charge in [-0.3, -0.25) is 9.59 Å². The Morgan fingerprint density at radius 1 is 1.28 bits per heavy atom. The van der Waals surface area contributed by atoms with Crippen molar-refractivity contribution in [2.45, 2.75) is 52.3 Å². The number of aromatic nitrogens is 2. The summed E-state index contributed by atoms with van der Waals surface area (Å²) in [4.78, 5) is 32.5. The molecule has 0 spiro atoms. The fourth-order valence-corrected chi connectivity index (χ4v) is 4.94. The van der Waals surface area contributed by atoms with E-state index in [4.69, 9.17) is 4.52 Å². The lowest BCUT2D eigenvalue weighted by Gasteiger charge is -2.23. The van der Waals surface area contributed by atoms with E-state index in [1.54, 1.807) is 24.3 Å². The quantitative estimate of drug-likeness (QED) is 0.593. The average molecular weight is 455 g/mol. The van der Waals surface area contributed by atoms with Crippen molar-refractivity contribution >= 4 is 23.2 Å². The molecule has 2 N–H and O–H groups in total. The van der Waals surface area contributed by atoms with E-state index < -0.39 is 12.1 Å². The van der Waals surface area contributed by atoms with Crippen molar-refractivity contribution in [1.82, 2.24) is 20.4 Å². The Morgan fingerprint density at radius 2 is 2.09 bits per heavy atom. The number of rotatable bonds is 6. The number of amides is 2. The molecule has 0 unspecified atom stereocenters. The molecule has 1 saturated heterocycles. The second kappa shape index (κ2) is 9.22. The number of carbonyl (C=O) groups excluding carboxylic acids is 2. The molecule has 3 aromatic rings. The van der Waals surface area contributed by atoms with Gasteiger partial charge in [-0.25, -0.2) is 4.98 Å². The van der Waals surface area contributed by atoms with Gasteiger partial charge in [-0.2, -0.15) is 0 Å². The van der Waals surface area contributed by atoms with E-state index in [0.29, 0.717) is 18.0 Å². The average Bonchev–Trinajstić information content (AvgIpc) is 3.46. The number of benzene rings is 1. The van der Waals surface area contributed by atoms with E-state index in [9.17, 15) is 14.7 Å². The van der Waals surface area contributed by atoms with Crippen LogP contribution in [0.3, 0.4) is 0 Å². The molecule has 1 aromatic carbocycles.